The van der Waals surface area contributed by atoms with Crippen molar-refractivity contribution in [2.75, 3.05) is 0 Å². The summed E-state index contributed by atoms with van der Waals surface area (Å²) in [7, 11) is 0. The van der Waals surface area contributed by atoms with Crippen LogP contribution in [0.25, 0.3) is 11.4 Å². The summed E-state index contributed by atoms with van der Waals surface area (Å²) in [5.74, 6) is 1.76. The normalized spacial score (nSPS) is 10.8. The van der Waals surface area contributed by atoms with Crippen molar-refractivity contribution >= 4 is 35.0 Å². The topological polar surface area (TPSA) is 38.9 Å². The van der Waals surface area contributed by atoms with Crippen LogP contribution in [0.15, 0.2) is 57.9 Å². The minimum Gasteiger partial charge on any atom is -0.338 e. The maximum absolute atomic E-state index is 5.86. The molecule has 1 heterocycles. The van der Waals surface area contributed by atoms with Crippen molar-refractivity contribution in [1.82, 2.24) is 10.1 Å². The van der Waals surface area contributed by atoms with Crippen LogP contribution < -0.4 is 0 Å². The Morgan fingerprint density at radius 1 is 0.905 bits per heavy atom. The zero-order valence-electron chi connectivity index (χ0n) is 10.8. The van der Waals surface area contributed by atoms with Crippen LogP contribution in [0.3, 0.4) is 0 Å². The van der Waals surface area contributed by atoms with Gasteiger partial charge in [-0.15, -0.1) is 11.8 Å². The molecule has 21 heavy (non-hydrogen) atoms. The first-order valence-corrected chi connectivity index (χ1v) is 7.92. The molecule has 0 amide bonds. The van der Waals surface area contributed by atoms with Crippen LogP contribution in [0.5, 0.6) is 0 Å². The van der Waals surface area contributed by atoms with E-state index in [1.54, 1.807) is 23.9 Å². The number of nitrogens with zero attached hydrogens (tertiary/aromatic N) is 2. The van der Waals surface area contributed by atoms with E-state index in [4.69, 9.17) is 27.7 Å². The largest absolute Gasteiger partial charge is 0.338 e. The molecule has 0 radical (unpaired) electrons. The van der Waals surface area contributed by atoms with E-state index in [2.05, 4.69) is 10.1 Å². The molecule has 6 heteroatoms. The fourth-order valence-corrected chi connectivity index (χ4v) is 2.69. The van der Waals surface area contributed by atoms with Crippen LogP contribution in [-0.4, -0.2) is 10.1 Å². The van der Waals surface area contributed by atoms with Crippen molar-refractivity contribution in [3.63, 3.8) is 0 Å². The van der Waals surface area contributed by atoms with E-state index in [0.717, 1.165) is 15.5 Å². The molecule has 0 saturated carbocycles. The number of rotatable bonds is 4. The third-order valence-corrected chi connectivity index (χ3v) is 4.25. The van der Waals surface area contributed by atoms with Crippen LogP contribution >= 0.6 is 35.0 Å². The fourth-order valence-electron chi connectivity index (χ4n) is 1.71. The Bertz CT molecular complexity index is 726. The summed E-state index contributed by atoms with van der Waals surface area (Å²) in [6.45, 7) is 0. The highest BCUT2D eigenvalue weighted by molar-refractivity contribution is 7.98. The Balaban J connectivity index is 1.67. The molecule has 0 aliphatic rings. The quantitative estimate of drug-likeness (QED) is 0.603. The standard InChI is InChI=1S/C15H10Cl2N2OS/c16-11-3-1-10(2-4-11)15-18-14(20-19-15)9-21-13-7-5-12(17)6-8-13/h1-8H,9H2. The van der Waals surface area contributed by atoms with E-state index < -0.39 is 0 Å². The Kier molecular flexibility index (Phi) is 4.48. The van der Waals surface area contributed by atoms with Gasteiger partial charge in [-0.2, -0.15) is 4.98 Å². The van der Waals surface area contributed by atoms with Gasteiger partial charge in [0.25, 0.3) is 0 Å². The Morgan fingerprint density at radius 2 is 1.52 bits per heavy atom. The molecule has 3 aromatic rings. The Labute approximate surface area is 136 Å². The van der Waals surface area contributed by atoms with Crippen molar-refractivity contribution < 1.29 is 4.52 Å². The molecule has 0 saturated heterocycles. The number of benzene rings is 2. The van der Waals surface area contributed by atoms with Gasteiger partial charge in [-0.1, -0.05) is 28.4 Å². The average Bonchev–Trinajstić information content (AvgIpc) is 2.96. The van der Waals surface area contributed by atoms with E-state index in [0.29, 0.717) is 22.5 Å². The summed E-state index contributed by atoms with van der Waals surface area (Å²) in [5, 5.41) is 5.38. The first-order chi connectivity index (χ1) is 10.2. The van der Waals surface area contributed by atoms with Crippen LogP contribution in [0.1, 0.15) is 5.89 Å². The zero-order chi connectivity index (χ0) is 14.7. The van der Waals surface area contributed by atoms with Gasteiger partial charge < -0.3 is 4.52 Å². The van der Waals surface area contributed by atoms with Gasteiger partial charge in [-0.05, 0) is 48.5 Å². The molecule has 0 atom stereocenters. The van der Waals surface area contributed by atoms with Gasteiger partial charge >= 0.3 is 0 Å². The number of hydrogen-bond donors (Lipinski definition) is 0. The molecule has 3 nitrogen and oxygen atoms in total. The molecular weight excluding hydrogens is 327 g/mol. The second-order valence-corrected chi connectivity index (χ2v) is 6.18. The molecular formula is C15H10Cl2N2OS. The smallest absolute Gasteiger partial charge is 0.237 e. The number of halogens is 2. The second-order valence-electron chi connectivity index (χ2n) is 4.26. The molecule has 0 aliphatic carbocycles. The number of aromatic nitrogens is 2. The van der Waals surface area contributed by atoms with Crippen molar-refractivity contribution in [2.24, 2.45) is 0 Å². The maximum atomic E-state index is 5.86. The van der Waals surface area contributed by atoms with Crippen LogP contribution in [0, 0.1) is 0 Å². The summed E-state index contributed by atoms with van der Waals surface area (Å²) in [6.07, 6.45) is 0. The Morgan fingerprint density at radius 3 is 2.19 bits per heavy atom. The third kappa shape index (κ3) is 3.79. The predicted octanol–water partition coefficient (Wildman–Crippen LogP) is 5.34. The molecule has 2 aromatic carbocycles. The molecule has 3 rings (SSSR count). The number of hydrogen-bond acceptors (Lipinski definition) is 4. The second kappa shape index (κ2) is 6.52. The van der Waals surface area contributed by atoms with Gasteiger partial charge in [0.15, 0.2) is 0 Å². The predicted molar refractivity (Wildman–Crippen MR) is 85.8 cm³/mol. The molecule has 0 N–H and O–H groups in total. The highest BCUT2D eigenvalue weighted by atomic mass is 35.5. The lowest BCUT2D eigenvalue weighted by atomic mass is 10.2. The lowest BCUT2D eigenvalue weighted by Crippen LogP contribution is -1.82. The van der Waals surface area contributed by atoms with Crippen molar-refractivity contribution in [3.05, 3.63) is 64.5 Å². The molecule has 106 valence electrons. The van der Waals surface area contributed by atoms with Crippen molar-refractivity contribution in [2.45, 2.75) is 10.6 Å². The molecule has 0 bridgehead atoms. The van der Waals surface area contributed by atoms with Crippen LogP contribution in [0.4, 0.5) is 0 Å². The SMILES string of the molecule is Clc1ccc(SCc2nc(-c3ccc(Cl)cc3)no2)cc1. The van der Waals surface area contributed by atoms with Gasteiger partial charge in [0.1, 0.15) is 0 Å². The van der Waals surface area contributed by atoms with Gasteiger partial charge in [-0.25, -0.2) is 0 Å². The van der Waals surface area contributed by atoms with E-state index >= 15 is 0 Å². The van der Waals surface area contributed by atoms with Gasteiger partial charge in [0.2, 0.25) is 11.7 Å². The summed E-state index contributed by atoms with van der Waals surface area (Å²) >= 11 is 13.3. The van der Waals surface area contributed by atoms with Crippen molar-refractivity contribution in [1.29, 1.82) is 0 Å². The van der Waals surface area contributed by atoms with E-state index in [1.165, 1.54) is 0 Å². The van der Waals surface area contributed by atoms with Crippen molar-refractivity contribution in [3.8, 4) is 11.4 Å². The van der Waals surface area contributed by atoms with Crippen LogP contribution in [-0.2, 0) is 5.75 Å². The van der Waals surface area contributed by atoms with Gasteiger partial charge in [0, 0.05) is 20.5 Å². The van der Waals surface area contributed by atoms with E-state index in [1.807, 2.05) is 36.4 Å². The minimum absolute atomic E-state index is 0.568. The first kappa shape index (κ1) is 14.4. The zero-order valence-corrected chi connectivity index (χ0v) is 13.1. The minimum atomic E-state index is 0.568. The highest BCUT2D eigenvalue weighted by Gasteiger charge is 2.09. The molecule has 0 spiro atoms. The highest BCUT2D eigenvalue weighted by Crippen LogP contribution is 2.25. The summed E-state index contributed by atoms with van der Waals surface area (Å²) in [5.41, 5.74) is 0.880. The molecule has 0 fully saturated rings. The summed E-state index contributed by atoms with van der Waals surface area (Å²) in [6, 6.07) is 15.0. The molecule has 0 unspecified atom stereocenters. The molecule has 1 aromatic heterocycles. The maximum Gasteiger partial charge on any atom is 0.237 e. The summed E-state index contributed by atoms with van der Waals surface area (Å²) < 4.78 is 5.25. The first-order valence-electron chi connectivity index (χ1n) is 6.17. The van der Waals surface area contributed by atoms with E-state index in [9.17, 15) is 0 Å². The van der Waals surface area contributed by atoms with Crippen LogP contribution in [0.2, 0.25) is 10.0 Å². The number of thioether (sulfide) groups is 1. The Hall–Kier alpha value is -1.49. The summed E-state index contributed by atoms with van der Waals surface area (Å²) in [4.78, 5) is 5.48. The van der Waals surface area contributed by atoms with Gasteiger partial charge in [-0.3, -0.25) is 0 Å². The average molecular weight is 337 g/mol. The fraction of sp³-hybridized carbons (Fsp3) is 0.0667. The van der Waals surface area contributed by atoms with E-state index in [-0.39, 0.29) is 0 Å². The van der Waals surface area contributed by atoms with Gasteiger partial charge in [0.05, 0.1) is 5.75 Å². The monoisotopic (exact) mass is 336 g/mol. The lowest BCUT2D eigenvalue weighted by Gasteiger charge is -1.97. The molecule has 0 aliphatic heterocycles. The third-order valence-electron chi connectivity index (χ3n) is 2.75. The lowest BCUT2D eigenvalue weighted by molar-refractivity contribution is 0.391.